The van der Waals surface area contributed by atoms with E-state index in [1.807, 2.05) is 127 Å². The Morgan fingerprint density at radius 1 is 0.288 bits per heavy atom. The van der Waals surface area contributed by atoms with Crippen LogP contribution in [0.1, 0.15) is 33.4 Å². The van der Waals surface area contributed by atoms with Crippen LogP contribution in [-0.4, -0.2) is 14.5 Å². The van der Waals surface area contributed by atoms with Gasteiger partial charge < -0.3 is 4.57 Å². The van der Waals surface area contributed by atoms with Gasteiger partial charge in [-0.15, -0.1) is 0 Å². The number of rotatable bonds is 8. The van der Waals surface area contributed by atoms with Crippen molar-refractivity contribution in [2.75, 3.05) is 0 Å². The molecule has 11 aromatic rings. The second-order valence-electron chi connectivity index (χ2n) is 17.3. The fourth-order valence-corrected chi connectivity index (χ4v) is 9.51. The van der Waals surface area contributed by atoms with Crippen molar-refractivity contribution in [3.63, 3.8) is 0 Å². The molecule has 9 heteroatoms. The summed E-state index contributed by atoms with van der Waals surface area (Å²) in [4.78, 5) is 10.3. The minimum atomic E-state index is 0.355. The number of hydrogen-bond donors (Lipinski definition) is 0. The molecule has 2 heterocycles. The van der Waals surface area contributed by atoms with Gasteiger partial charge in [-0.3, -0.25) is 0 Å². The molecule has 0 amide bonds. The Bertz CT molecular complexity index is 4000. The molecule has 0 aliphatic rings. The molecule has 0 saturated heterocycles. The third kappa shape index (κ3) is 8.34. The minimum absolute atomic E-state index is 0.355. The van der Waals surface area contributed by atoms with Crippen LogP contribution >= 0.6 is 0 Å². The van der Waals surface area contributed by atoms with Gasteiger partial charge in [0, 0.05) is 38.6 Å². The highest BCUT2D eigenvalue weighted by atomic mass is 15.0. The largest absolute Gasteiger partial charge is 0.308 e. The molecule has 0 radical (unpaired) electrons. The van der Waals surface area contributed by atoms with Crippen molar-refractivity contribution in [1.82, 2.24) is 14.5 Å². The first-order valence-corrected chi connectivity index (χ1v) is 23.0. The topological polar surface area (TPSA) is 173 Å². The summed E-state index contributed by atoms with van der Waals surface area (Å²) in [6, 6.07) is 76.8. The van der Waals surface area contributed by atoms with E-state index in [2.05, 4.69) is 65.2 Å². The van der Waals surface area contributed by atoms with Crippen molar-refractivity contribution in [2.24, 2.45) is 0 Å². The maximum Gasteiger partial charge on any atom is 0.160 e. The fourth-order valence-electron chi connectivity index (χ4n) is 9.51. The zero-order valence-corrected chi connectivity index (χ0v) is 38.6. The van der Waals surface area contributed by atoms with E-state index in [4.69, 9.17) is 9.97 Å². The van der Waals surface area contributed by atoms with Crippen LogP contribution in [0.15, 0.2) is 200 Å². The van der Waals surface area contributed by atoms with E-state index >= 15 is 0 Å². The van der Waals surface area contributed by atoms with Crippen LogP contribution in [0.4, 0.5) is 0 Å². The summed E-state index contributed by atoms with van der Waals surface area (Å²) in [6.07, 6.45) is 0. The van der Waals surface area contributed by atoms with Gasteiger partial charge in [0.05, 0.1) is 97.9 Å². The normalized spacial score (nSPS) is 10.7. The number of hydrogen-bond acceptors (Lipinski definition) is 8. The van der Waals surface area contributed by atoms with Crippen molar-refractivity contribution < 1.29 is 0 Å². The standard InChI is InChI=1S/C64H33N9/c65-34-40-9-7-15-50(23-40)55-31-54(60-33-59(46-11-3-1-4-12-46)71-64(72-60)47-13-5-2-6-14-47)32-56(51-16-8-10-41(24-51)35-66)63(55)73-61-19-17-48(52-25-42(36-67)21-43(26-52)37-68)29-57(61)58-30-49(18-20-62(58)73)53-27-44(38-69)22-45(28-53)39-70/h1-33H. The minimum Gasteiger partial charge on any atom is -0.308 e. The molecule has 11 rings (SSSR count). The van der Waals surface area contributed by atoms with E-state index in [0.717, 1.165) is 83.3 Å². The van der Waals surface area contributed by atoms with E-state index in [0.29, 0.717) is 56.0 Å². The molecule has 0 bridgehead atoms. The Hall–Kier alpha value is -11.2. The van der Waals surface area contributed by atoms with Crippen LogP contribution in [0.2, 0.25) is 0 Å². The van der Waals surface area contributed by atoms with E-state index in [1.165, 1.54) is 0 Å². The smallest absolute Gasteiger partial charge is 0.160 e. The molecular weight excluding hydrogens is 895 g/mol. The molecule has 0 aliphatic heterocycles. The lowest BCUT2D eigenvalue weighted by Gasteiger charge is -2.21. The van der Waals surface area contributed by atoms with Gasteiger partial charge >= 0.3 is 0 Å². The molecule has 0 atom stereocenters. The summed E-state index contributed by atoms with van der Waals surface area (Å²) in [5.74, 6) is 0.542. The van der Waals surface area contributed by atoms with Gasteiger partial charge in [0.15, 0.2) is 5.82 Å². The van der Waals surface area contributed by atoms with Crippen molar-refractivity contribution in [3.05, 3.63) is 234 Å². The third-order valence-corrected chi connectivity index (χ3v) is 12.9. The van der Waals surface area contributed by atoms with Crippen LogP contribution in [0.25, 0.3) is 106 Å². The molecule has 0 fully saturated rings. The zero-order chi connectivity index (χ0) is 50.0. The van der Waals surface area contributed by atoms with Crippen molar-refractivity contribution >= 4 is 21.8 Å². The second-order valence-corrected chi connectivity index (χ2v) is 17.3. The van der Waals surface area contributed by atoms with E-state index in [9.17, 15) is 31.6 Å². The van der Waals surface area contributed by atoms with Crippen molar-refractivity contribution in [2.45, 2.75) is 0 Å². The Morgan fingerprint density at radius 3 is 1.12 bits per heavy atom. The van der Waals surface area contributed by atoms with Crippen LogP contribution in [0, 0.1) is 68.0 Å². The van der Waals surface area contributed by atoms with Crippen LogP contribution < -0.4 is 0 Å². The van der Waals surface area contributed by atoms with Gasteiger partial charge in [0.25, 0.3) is 0 Å². The fraction of sp³-hybridized carbons (Fsp3) is 0. The Morgan fingerprint density at radius 2 is 0.685 bits per heavy atom. The average molecular weight is 928 g/mol. The predicted octanol–water partition coefficient (Wildman–Crippen LogP) is 14.5. The predicted molar refractivity (Wildman–Crippen MR) is 283 cm³/mol. The van der Waals surface area contributed by atoms with Gasteiger partial charge in [-0.1, -0.05) is 97.1 Å². The molecule has 0 unspecified atom stereocenters. The summed E-state index contributed by atoms with van der Waals surface area (Å²) in [5, 5.41) is 62.2. The summed E-state index contributed by atoms with van der Waals surface area (Å²) in [6.45, 7) is 0. The summed E-state index contributed by atoms with van der Waals surface area (Å²) in [7, 11) is 0. The third-order valence-electron chi connectivity index (χ3n) is 12.9. The van der Waals surface area contributed by atoms with E-state index in [-0.39, 0.29) is 0 Å². The van der Waals surface area contributed by atoms with Crippen molar-refractivity contribution in [3.8, 4) is 121 Å². The van der Waals surface area contributed by atoms with Crippen molar-refractivity contribution in [1.29, 1.82) is 31.6 Å². The Labute approximate surface area is 420 Å². The Balaban J connectivity index is 1.28. The molecular formula is C64H33N9. The maximum atomic E-state index is 10.3. The average Bonchev–Trinajstić information content (AvgIpc) is 3.79. The molecule has 9 aromatic carbocycles. The molecule has 0 aliphatic carbocycles. The lowest BCUT2D eigenvalue weighted by Crippen LogP contribution is -2.03. The lowest BCUT2D eigenvalue weighted by molar-refractivity contribution is 1.17. The molecule has 334 valence electrons. The highest BCUT2D eigenvalue weighted by molar-refractivity contribution is 6.13. The lowest BCUT2D eigenvalue weighted by atomic mass is 9.90. The molecule has 73 heavy (non-hydrogen) atoms. The van der Waals surface area contributed by atoms with E-state index < -0.39 is 0 Å². The first kappa shape index (κ1) is 44.3. The SMILES string of the molecule is N#Cc1cc(C#N)cc(-c2ccc3c(c2)c2cc(-c4cc(C#N)cc(C#N)c4)ccc2n3-c2c(-c3cccc(C#N)c3)cc(-c3cc(-c4ccccc4)nc(-c4ccccc4)n3)cc2-c2cccc(C#N)c2)c1. The second kappa shape index (κ2) is 18.7. The van der Waals surface area contributed by atoms with E-state index in [1.54, 1.807) is 48.5 Å². The molecule has 0 N–H and O–H groups in total. The number of benzene rings is 9. The first-order chi connectivity index (χ1) is 35.8. The van der Waals surface area contributed by atoms with Crippen LogP contribution in [-0.2, 0) is 0 Å². The number of nitrogens with zero attached hydrogens (tertiary/aromatic N) is 9. The first-order valence-electron chi connectivity index (χ1n) is 23.0. The van der Waals surface area contributed by atoms with Crippen LogP contribution in [0.3, 0.4) is 0 Å². The maximum absolute atomic E-state index is 10.3. The van der Waals surface area contributed by atoms with Crippen LogP contribution in [0.5, 0.6) is 0 Å². The molecule has 0 spiro atoms. The summed E-state index contributed by atoms with van der Waals surface area (Å²) < 4.78 is 2.20. The quantitative estimate of drug-likeness (QED) is 0.145. The van der Waals surface area contributed by atoms with Gasteiger partial charge in [-0.2, -0.15) is 31.6 Å². The molecule has 0 saturated carbocycles. The number of fused-ring (bicyclic) bond motifs is 3. The van der Waals surface area contributed by atoms with Gasteiger partial charge in [0.2, 0.25) is 0 Å². The highest BCUT2D eigenvalue weighted by Gasteiger charge is 2.24. The summed E-state index contributed by atoms with van der Waals surface area (Å²) in [5.41, 5.74) is 14.6. The highest BCUT2D eigenvalue weighted by Crippen LogP contribution is 2.46. The Kier molecular flexibility index (Phi) is 11.4. The molecule has 9 nitrogen and oxygen atoms in total. The monoisotopic (exact) mass is 927 g/mol. The van der Waals surface area contributed by atoms with Gasteiger partial charge in [0.1, 0.15) is 0 Å². The summed E-state index contributed by atoms with van der Waals surface area (Å²) >= 11 is 0. The number of aromatic nitrogens is 3. The zero-order valence-electron chi connectivity index (χ0n) is 38.6. The van der Waals surface area contributed by atoms with Gasteiger partial charge in [-0.05, 0) is 137 Å². The molecule has 2 aromatic heterocycles. The van der Waals surface area contributed by atoms with Gasteiger partial charge in [-0.25, -0.2) is 9.97 Å². The number of nitriles is 6.